The van der Waals surface area contributed by atoms with E-state index in [1.807, 2.05) is 0 Å². The van der Waals surface area contributed by atoms with Gasteiger partial charge in [0.05, 0.1) is 16.4 Å². The van der Waals surface area contributed by atoms with Gasteiger partial charge in [-0.3, -0.25) is 0 Å². The van der Waals surface area contributed by atoms with Crippen LogP contribution in [0, 0.1) is 5.82 Å². The fourth-order valence-corrected chi connectivity index (χ4v) is 1.92. The van der Waals surface area contributed by atoms with E-state index < -0.39 is 11.8 Å². The zero-order valence-corrected chi connectivity index (χ0v) is 12.3. The van der Waals surface area contributed by atoms with Crippen LogP contribution < -0.4 is 16.4 Å². The number of carbonyl (C=O) groups is 1. The molecule has 0 aliphatic heterocycles. The first kappa shape index (κ1) is 15.2. The molecule has 0 aliphatic rings. The third kappa shape index (κ3) is 3.90. The zero-order chi connectivity index (χ0) is 15.4. The maximum atomic E-state index is 13.8. The van der Waals surface area contributed by atoms with E-state index in [0.29, 0.717) is 16.3 Å². The number of nitrogens with two attached hydrogens (primary N) is 1. The minimum Gasteiger partial charge on any atom is -0.389 e. The number of para-hydroxylation sites is 1. The van der Waals surface area contributed by atoms with E-state index >= 15 is 0 Å². The lowest BCUT2D eigenvalue weighted by Gasteiger charge is -2.10. The SMILES string of the molecule is NC(=S)c1ccc(NC(=O)Nc2ccccc2Cl)c(F)c1. The lowest BCUT2D eigenvalue weighted by molar-refractivity contribution is 0.262. The second-order valence-electron chi connectivity index (χ2n) is 4.12. The number of nitrogens with one attached hydrogen (secondary N) is 2. The maximum Gasteiger partial charge on any atom is 0.323 e. The van der Waals surface area contributed by atoms with Crippen LogP contribution in [0.3, 0.4) is 0 Å². The normalized spacial score (nSPS) is 10.0. The van der Waals surface area contributed by atoms with Gasteiger partial charge in [0.25, 0.3) is 0 Å². The molecule has 0 spiro atoms. The van der Waals surface area contributed by atoms with E-state index in [1.165, 1.54) is 12.1 Å². The van der Waals surface area contributed by atoms with Crippen LogP contribution in [-0.2, 0) is 0 Å². The van der Waals surface area contributed by atoms with Gasteiger partial charge in [0, 0.05) is 5.56 Å². The molecule has 0 fully saturated rings. The summed E-state index contributed by atoms with van der Waals surface area (Å²) in [5, 5.41) is 5.29. The number of urea groups is 1. The Kier molecular flexibility index (Phi) is 4.72. The van der Waals surface area contributed by atoms with Crippen LogP contribution in [0.4, 0.5) is 20.6 Å². The number of hydrogen-bond donors (Lipinski definition) is 3. The van der Waals surface area contributed by atoms with E-state index in [-0.39, 0.29) is 10.7 Å². The summed E-state index contributed by atoms with van der Waals surface area (Å²) in [5.74, 6) is -0.630. The van der Waals surface area contributed by atoms with Crippen LogP contribution in [-0.4, -0.2) is 11.0 Å². The Balaban J connectivity index is 2.10. The molecule has 0 saturated carbocycles. The van der Waals surface area contributed by atoms with Crippen molar-refractivity contribution in [2.45, 2.75) is 0 Å². The Hall–Kier alpha value is -2.18. The van der Waals surface area contributed by atoms with Gasteiger partial charge in [0.1, 0.15) is 10.8 Å². The lowest BCUT2D eigenvalue weighted by atomic mass is 10.2. The molecule has 2 rings (SSSR count). The van der Waals surface area contributed by atoms with Gasteiger partial charge in [0.2, 0.25) is 0 Å². The Morgan fingerprint density at radius 1 is 1.14 bits per heavy atom. The summed E-state index contributed by atoms with van der Waals surface area (Å²) in [4.78, 5) is 11.9. The van der Waals surface area contributed by atoms with Gasteiger partial charge in [-0.25, -0.2) is 9.18 Å². The van der Waals surface area contributed by atoms with Gasteiger partial charge < -0.3 is 16.4 Å². The summed E-state index contributed by atoms with van der Waals surface area (Å²) >= 11 is 10.7. The maximum absolute atomic E-state index is 13.8. The van der Waals surface area contributed by atoms with E-state index in [4.69, 9.17) is 29.6 Å². The molecule has 2 aromatic carbocycles. The fourth-order valence-electron chi connectivity index (χ4n) is 1.61. The predicted octanol–water partition coefficient (Wildman–Crippen LogP) is 3.76. The van der Waals surface area contributed by atoms with E-state index in [9.17, 15) is 9.18 Å². The van der Waals surface area contributed by atoms with Gasteiger partial charge in [-0.05, 0) is 30.3 Å². The van der Waals surface area contributed by atoms with Crippen molar-refractivity contribution in [1.82, 2.24) is 0 Å². The van der Waals surface area contributed by atoms with Crippen molar-refractivity contribution in [2.24, 2.45) is 5.73 Å². The molecular weight excluding hydrogens is 313 g/mol. The van der Waals surface area contributed by atoms with Gasteiger partial charge in [0.15, 0.2) is 0 Å². The average Bonchev–Trinajstić information content (AvgIpc) is 2.43. The van der Waals surface area contributed by atoms with Crippen molar-refractivity contribution in [3.63, 3.8) is 0 Å². The number of carbonyl (C=O) groups excluding carboxylic acids is 1. The van der Waals surface area contributed by atoms with Crippen LogP contribution in [0.15, 0.2) is 42.5 Å². The van der Waals surface area contributed by atoms with E-state index in [0.717, 1.165) is 6.07 Å². The molecule has 4 N–H and O–H groups in total. The first-order chi connectivity index (χ1) is 9.97. The monoisotopic (exact) mass is 323 g/mol. The smallest absolute Gasteiger partial charge is 0.323 e. The van der Waals surface area contributed by atoms with Crippen LogP contribution in [0.25, 0.3) is 0 Å². The highest BCUT2D eigenvalue weighted by atomic mass is 35.5. The fraction of sp³-hybridized carbons (Fsp3) is 0. The summed E-state index contributed by atoms with van der Waals surface area (Å²) in [7, 11) is 0. The van der Waals surface area contributed by atoms with Gasteiger partial charge in [-0.1, -0.05) is 36.0 Å². The number of anilines is 2. The second kappa shape index (κ2) is 6.51. The average molecular weight is 324 g/mol. The Morgan fingerprint density at radius 3 is 2.43 bits per heavy atom. The highest BCUT2D eigenvalue weighted by Gasteiger charge is 2.10. The molecule has 2 aromatic rings. The van der Waals surface area contributed by atoms with Crippen molar-refractivity contribution < 1.29 is 9.18 Å². The number of rotatable bonds is 3. The molecule has 0 aliphatic carbocycles. The standard InChI is InChI=1S/C14H11ClFN3OS/c15-9-3-1-2-4-11(9)18-14(20)19-12-6-5-8(13(17)21)7-10(12)16/h1-7H,(H2,17,21)(H2,18,19,20). The summed E-state index contributed by atoms with van der Waals surface area (Å²) in [5.41, 5.74) is 6.23. The van der Waals surface area contributed by atoms with Gasteiger partial charge in [-0.2, -0.15) is 0 Å². The van der Waals surface area contributed by atoms with E-state index in [2.05, 4.69) is 10.6 Å². The molecule has 0 radical (unpaired) electrons. The summed E-state index contributed by atoms with van der Waals surface area (Å²) < 4.78 is 13.8. The molecule has 0 aromatic heterocycles. The Labute approximate surface area is 131 Å². The number of hydrogen-bond acceptors (Lipinski definition) is 2. The molecule has 2 amide bonds. The van der Waals surface area contributed by atoms with Gasteiger partial charge in [-0.15, -0.1) is 0 Å². The topological polar surface area (TPSA) is 67.1 Å². The molecular formula is C14H11ClFN3OS. The molecule has 0 unspecified atom stereocenters. The minimum absolute atomic E-state index is 0.0135. The second-order valence-corrected chi connectivity index (χ2v) is 4.96. The first-order valence-electron chi connectivity index (χ1n) is 5.89. The highest BCUT2D eigenvalue weighted by Crippen LogP contribution is 2.21. The van der Waals surface area contributed by atoms with Crippen molar-refractivity contribution in [3.8, 4) is 0 Å². The number of amides is 2. The molecule has 108 valence electrons. The minimum atomic E-state index is -0.630. The molecule has 0 heterocycles. The zero-order valence-electron chi connectivity index (χ0n) is 10.7. The molecule has 0 atom stereocenters. The van der Waals surface area contributed by atoms with Crippen molar-refractivity contribution >= 4 is 46.2 Å². The van der Waals surface area contributed by atoms with Crippen molar-refractivity contribution in [2.75, 3.05) is 10.6 Å². The summed E-state index contributed by atoms with van der Waals surface area (Å²) in [6.07, 6.45) is 0. The number of benzene rings is 2. The van der Waals surface area contributed by atoms with Crippen LogP contribution in [0.5, 0.6) is 0 Å². The summed E-state index contributed by atoms with van der Waals surface area (Å²) in [6.45, 7) is 0. The largest absolute Gasteiger partial charge is 0.389 e. The third-order valence-corrected chi connectivity index (χ3v) is 3.19. The quantitative estimate of drug-likeness (QED) is 0.753. The Bertz CT molecular complexity index is 708. The van der Waals surface area contributed by atoms with E-state index in [1.54, 1.807) is 24.3 Å². The lowest BCUT2D eigenvalue weighted by Crippen LogP contribution is -2.20. The van der Waals surface area contributed by atoms with Gasteiger partial charge >= 0.3 is 6.03 Å². The highest BCUT2D eigenvalue weighted by molar-refractivity contribution is 7.80. The molecule has 0 bridgehead atoms. The van der Waals surface area contributed by atoms with Crippen LogP contribution in [0.1, 0.15) is 5.56 Å². The molecule has 21 heavy (non-hydrogen) atoms. The molecule has 4 nitrogen and oxygen atoms in total. The number of halogens is 2. The first-order valence-corrected chi connectivity index (χ1v) is 6.68. The molecule has 7 heteroatoms. The van der Waals surface area contributed by atoms with Crippen molar-refractivity contribution in [1.29, 1.82) is 0 Å². The third-order valence-electron chi connectivity index (χ3n) is 2.62. The molecule has 0 saturated heterocycles. The van der Waals surface area contributed by atoms with Crippen molar-refractivity contribution in [3.05, 3.63) is 58.9 Å². The number of thiocarbonyl (C=S) groups is 1. The Morgan fingerprint density at radius 2 is 1.81 bits per heavy atom. The van der Waals surface area contributed by atoms with Crippen LogP contribution >= 0.6 is 23.8 Å². The van der Waals surface area contributed by atoms with Crippen LogP contribution in [0.2, 0.25) is 5.02 Å². The predicted molar refractivity (Wildman–Crippen MR) is 86.4 cm³/mol. The summed E-state index contributed by atoms with van der Waals surface area (Å²) in [6, 6.07) is 10.2.